The number of ketones is 2. The number of nitrogens with zero attached hydrogens (tertiary/aromatic N) is 1. The van der Waals surface area contributed by atoms with Gasteiger partial charge < -0.3 is 62.6 Å². The van der Waals surface area contributed by atoms with Gasteiger partial charge in [-0.05, 0) is 42.4 Å². The topological polar surface area (TPSA) is 340 Å². The number of aliphatic hydroxyl groups is 3. The lowest BCUT2D eigenvalue weighted by Crippen LogP contribution is -2.56. The van der Waals surface area contributed by atoms with E-state index in [0.717, 1.165) is 4.90 Å². The molecule has 1 saturated heterocycles. The maximum Gasteiger partial charge on any atom is 0.243 e. The maximum atomic E-state index is 14.5. The molecule has 2 aromatic rings. The first kappa shape index (κ1) is 48.1. The molecule has 21 nitrogen and oxygen atoms in total. The minimum absolute atomic E-state index is 0.0275. The van der Waals surface area contributed by atoms with Gasteiger partial charge in [0.25, 0.3) is 0 Å². The summed E-state index contributed by atoms with van der Waals surface area (Å²) >= 11 is 0. The Labute approximate surface area is 362 Å². The number of nitrogens with two attached hydrogens (primary N) is 1. The number of aliphatic hydroxyl groups excluding tert-OH is 3. The van der Waals surface area contributed by atoms with Crippen LogP contribution < -0.4 is 32.3 Å². The fourth-order valence-electron chi connectivity index (χ4n) is 8.56. The number of aryl methyl sites for hydroxylation is 1. The summed E-state index contributed by atoms with van der Waals surface area (Å²) in [4.78, 5) is 128. The summed E-state index contributed by atoms with van der Waals surface area (Å²) in [6, 6.07) is -1.03. The minimum atomic E-state index is -1.54. The maximum absolute atomic E-state index is 14.5. The molecule has 1 aromatic heterocycles. The van der Waals surface area contributed by atoms with E-state index in [1.54, 1.807) is 19.9 Å². The quantitative estimate of drug-likeness (QED) is 0.133. The molecule has 0 aliphatic carbocycles. The van der Waals surface area contributed by atoms with Gasteiger partial charge in [-0.15, -0.1) is 0 Å². The molecule has 3 aliphatic rings. The van der Waals surface area contributed by atoms with E-state index in [0.29, 0.717) is 28.6 Å². The summed E-state index contributed by atoms with van der Waals surface area (Å²) < 4.78 is 0. The van der Waals surface area contributed by atoms with Crippen LogP contribution in [0.15, 0.2) is 18.2 Å². The second-order valence-corrected chi connectivity index (χ2v) is 16.9. The molecule has 7 amide bonds. The molecule has 10 atom stereocenters. The van der Waals surface area contributed by atoms with Gasteiger partial charge in [-0.25, -0.2) is 0 Å². The van der Waals surface area contributed by atoms with Crippen molar-refractivity contribution in [3.05, 3.63) is 29.5 Å². The van der Waals surface area contributed by atoms with Crippen molar-refractivity contribution in [2.45, 2.75) is 109 Å². The lowest BCUT2D eigenvalue weighted by atomic mass is 9.82. The number of aromatic nitrogens is 1. The van der Waals surface area contributed by atoms with E-state index in [2.05, 4.69) is 31.6 Å². The molecule has 10 unspecified atom stereocenters. The summed E-state index contributed by atoms with van der Waals surface area (Å²) in [7, 11) is 0. The predicted molar refractivity (Wildman–Crippen MR) is 222 cm³/mol. The zero-order valence-corrected chi connectivity index (χ0v) is 35.5. The smallest absolute Gasteiger partial charge is 0.243 e. The highest BCUT2D eigenvalue weighted by molar-refractivity contribution is 5.99. The van der Waals surface area contributed by atoms with Gasteiger partial charge in [0.2, 0.25) is 41.4 Å². The van der Waals surface area contributed by atoms with Gasteiger partial charge in [-0.2, -0.15) is 0 Å². The number of primary amides is 1. The number of benzene rings is 1. The van der Waals surface area contributed by atoms with Crippen LogP contribution in [-0.2, 0) is 56.0 Å². The third kappa shape index (κ3) is 11.8. The second kappa shape index (κ2) is 21.0. The number of H-pyrrole nitrogens is 1. The number of phenolic OH excluding ortho intramolecular Hbond substituents is 1. The van der Waals surface area contributed by atoms with E-state index in [4.69, 9.17) is 5.73 Å². The molecule has 0 spiro atoms. The number of rotatable bonds is 7. The van der Waals surface area contributed by atoms with Crippen molar-refractivity contribution in [3.63, 3.8) is 0 Å². The number of aromatic amines is 1. The Morgan fingerprint density at radius 1 is 0.889 bits per heavy atom. The Kier molecular flexibility index (Phi) is 16.0. The molecular formula is C42H58N8O13. The summed E-state index contributed by atoms with van der Waals surface area (Å²) in [6.07, 6.45) is -5.05. The van der Waals surface area contributed by atoms with E-state index in [1.807, 2.05) is 0 Å². The minimum Gasteiger partial charge on any atom is -0.508 e. The van der Waals surface area contributed by atoms with E-state index in [1.165, 1.54) is 19.1 Å². The van der Waals surface area contributed by atoms with Crippen molar-refractivity contribution in [3.8, 4) is 5.75 Å². The normalized spacial score (nSPS) is 27.8. The van der Waals surface area contributed by atoms with Gasteiger partial charge in [0.1, 0.15) is 17.8 Å². The summed E-state index contributed by atoms with van der Waals surface area (Å²) in [6.45, 7) is 2.39. The van der Waals surface area contributed by atoms with Gasteiger partial charge in [-0.3, -0.25) is 43.2 Å². The molecule has 0 saturated carbocycles. The number of amides is 7. The van der Waals surface area contributed by atoms with Crippen LogP contribution >= 0.6 is 0 Å². The lowest BCUT2D eigenvalue weighted by molar-refractivity contribution is -0.145. The Bertz CT molecular complexity index is 2110. The van der Waals surface area contributed by atoms with Gasteiger partial charge in [0, 0.05) is 67.2 Å². The number of carbonyl (C=O) groups excluding carboxylic acids is 9. The van der Waals surface area contributed by atoms with Crippen molar-refractivity contribution in [2.24, 2.45) is 29.4 Å². The van der Waals surface area contributed by atoms with Crippen LogP contribution in [0.3, 0.4) is 0 Å². The summed E-state index contributed by atoms with van der Waals surface area (Å²) in [5, 5.41) is 55.2. The first-order chi connectivity index (χ1) is 29.8. The van der Waals surface area contributed by atoms with Crippen molar-refractivity contribution in [1.82, 2.24) is 36.5 Å². The number of nitrogens with one attached hydrogen (secondary N) is 6. The average molecular weight is 883 g/mol. The summed E-state index contributed by atoms with van der Waals surface area (Å²) in [5.74, 6) is -12.0. The molecule has 63 heavy (non-hydrogen) atoms. The zero-order chi connectivity index (χ0) is 46.3. The van der Waals surface area contributed by atoms with Gasteiger partial charge >= 0.3 is 0 Å². The second-order valence-electron chi connectivity index (χ2n) is 16.9. The van der Waals surface area contributed by atoms with Crippen LogP contribution in [0.2, 0.25) is 0 Å². The van der Waals surface area contributed by atoms with Crippen LogP contribution in [0, 0.1) is 23.7 Å². The van der Waals surface area contributed by atoms with E-state index in [9.17, 15) is 63.6 Å². The Hall–Kier alpha value is -5.93. The molecule has 344 valence electrons. The molecule has 21 heteroatoms. The third-order valence-corrected chi connectivity index (χ3v) is 12.4. The van der Waals surface area contributed by atoms with Gasteiger partial charge in [-0.1, -0.05) is 27.2 Å². The van der Waals surface area contributed by atoms with Crippen LogP contribution in [-0.4, -0.2) is 146 Å². The number of fused-ring (bicyclic) bond motifs is 5. The van der Waals surface area contributed by atoms with Crippen LogP contribution in [0.5, 0.6) is 5.75 Å². The van der Waals surface area contributed by atoms with Crippen molar-refractivity contribution in [1.29, 1.82) is 0 Å². The Morgan fingerprint density at radius 3 is 2.24 bits per heavy atom. The van der Waals surface area contributed by atoms with Crippen molar-refractivity contribution >= 4 is 63.8 Å². The largest absolute Gasteiger partial charge is 0.508 e. The van der Waals surface area contributed by atoms with E-state index in [-0.39, 0.29) is 38.0 Å². The number of carbonyl (C=O) groups is 9. The molecule has 5 rings (SSSR count). The number of Topliss-reactive ketones (excluding diaryl/α,β-unsaturated/α-hetero) is 2. The zero-order valence-electron chi connectivity index (χ0n) is 35.5. The first-order valence-corrected chi connectivity index (χ1v) is 21.2. The predicted octanol–water partition coefficient (Wildman–Crippen LogP) is -2.91. The first-order valence-electron chi connectivity index (χ1n) is 21.2. The fourth-order valence-corrected chi connectivity index (χ4v) is 8.56. The standard InChI is InChI=1S/C42H58N8O13/c1-4-19(2)38-41(62)45-15-36(58)47-28-8-7-27-26(24-6-5-22(52)11-29(24)46-27)13-30(40(61)44-16-37(59)49-38)48-39(60)25(20(3)34(56)18-51)14-33(55)31-12-23(53)17-50(31)42(63)21(9-32(28)54)10-35(43)57/h5-6,11,19-21,23,25,28,30-31,34,38,46,51-53,56H,4,7-10,12-18H2,1-3H3,(H2,43,57)(H,44,61)(H,45,62)(H,47,58)(H,48,60)(H,49,59). The molecule has 2 bridgehead atoms. The van der Waals surface area contributed by atoms with Gasteiger partial charge in [0.15, 0.2) is 11.6 Å². The number of phenols is 1. The molecule has 4 heterocycles. The fraction of sp³-hybridized carbons (Fsp3) is 0.595. The summed E-state index contributed by atoms with van der Waals surface area (Å²) in [5.41, 5.74) is 6.77. The lowest BCUT2D eigenvalue weighted by Gasteiger charge is -2.31. The molecule has 3 aliphatic heterocycles. The third-order valence-electron chi connectivity index (χ3n) is 12.4. The van der Waals surface area contributed by atoms with Crippen LogP contribution in [0.4, 0.5) is 0 Å². The molecule has 1 aromatic carbocycles. The van der Waals surface area contributed by atoms with Crippen LogP contribution in [0.25, 0.3) is 10.9 Å². The Balaban J connectivity index is 1.70. The number of hydrogen-bond donors (Lipinski definition) is 11. The van der Waals surface area contributed by atoms with E-state index >= 15 is 0 Å². The Morgan fingerprint density at radius 2 is 1.57 bits per heavy atom. The van der Waals surface area contributed by atoms with Crippen molar-refractivity contribution < 1.29 is 63.6 Å². The number of hydrogen-bond acceptors (Lipinski definition) is 13. The van der Waals surface area contributed by atoms with Gasteiger partial charge in [0.05, 0.1) is 49.9 Å². The number of aromatic hydroxyl groups is 1. The van der Waals surface area contributed by atoms with Crippen LogP contribution in [0.1, 0.15) is 70.6 Å². The highest BCUT2D eigenvalue weighted by Gasteiger charge is 2.45. The van der Waals surface area contributed by atoms with E-state index < -0.39 is 152 Å². The average Bonchev–Trinajstić information content (AvgIpc) is 3.80. The molecule has 12 N–H and O–H groups in total. The molecule has 1 fully saturated rings. The highest BCUT2D eigenvalue weighted by atomic mass is 16.3. The SMILES string of the molecule is CCC(C)C1NC(=O)CNC(=O)C2Cc3c([nH]c4cc(O)ccc34)CCC(NC(=O)CNC1=O)C(=O)CC(CC(N)=O)C(=O)N1CC(O)CC1C(=O)CC(C(C)C(O)CO)C(=O)N2. The highest BCUT2D eigenvalue weighted by Crippen LogP contribution is 2.31. The molecular weight excluding hydrogens is 825 g/mol. The monoisotopic (exact) mass is 882 g/mol. The van der Waals surface area contributed by atoms with Crippen molar-refractivity contribution in [2.75, 3.05) is 26.2 Å². The molecule has 0 radical (unpaired) electrons.